The Morgan fingerprint density at radius 1 is 0.490 bits per heavy atom. The van der Waals surface area contributed by atoms with Crippen molar-refractivity contribution in [3.8, 4) is 0 Å². The highest BCUT2D eigenvalue weighted by molar-refractivity contribution is 5.69. The smallest absolute Gasteiger partial charge is 0.305 e. The van der Waals surface area contributed by atoms with Crippen LogP contribution in [0.2, 0.25) is 0 Å². The third-order valence-corrected chi connectivity index (χ3v) is 9.17. The molecule has 0 bridgehead atoms. The molecule has 0 aliphatic carbocycles. The Bertz CT molecular complexity index is 876. The number of esters is 2. The van der Waals surface area contributed by atoms with Gasteiger partial charge in [-0.2, -0.15) is 0 Å². The van der Waals surface area contributed by atoms with E-state index in [0.717, 1.165) is 57.8 Å². The molecule has 0 spiro atoms. The van der Waals surface area contributed by atoms with Gasteiger partial charge >= 0.3 is 11.9 Å². The zero-order valence-corrected chi connectivity index (χ0v) is 33.2. The molecule has 0 fully saturated rings. The second kappa shape index (κ2) is 40.6. The predicted octanol–water partition coefficient (Wildman–Crippen LogP) is 12.4. The molecular formula is C45H80O6. The Kier molecular flexibility index (Phi) is 38.9. The fourth-order valence-electron chi connectivity index (χ4n) is 5.90. The second-order valence-corrected chi connectivity index (χ2v) is 14.3. The number of unbranched alkanes of at least 4 members (excludes halogenated alkanes) is 21. The molecular weight excluding hydrogens is 636 g/mol. The summed E-state index contributed by atoms with van der Waals surface area (Å²) in [5.41, 5.74) is 0. The van der Waals surface area contributed by atoms with Gasteiger partial charge in [0.25, 0.3) is 0 Å². The van der Waals surface area contributed by atoms with Crippen molar-refractivity contribution in [1.29, 1.82) is 0 Å². The number of hydrogen-bond donors (Lipinski definition) is 2. The number of carbonyl (C=O) groups excluding carboxylic acids is 2. The molecule has 0 aliphatic heterocycles. The molecule has 0 rings (SSSR count). The highest BCUT2D eigenvalue weighted by atomic mass is 16.6. The van der Waals surface area contributed by atoms with Gasteiger partial charge in [0, 0.05) is 12.8 Å². The molecule has 6 nitrogen and oxygen atoms in total. The van der Waals surface area contributed by atoms with E-state index in [9.17, 15) is 19.8 Å². The summed E-state index contributed by atoms with van der Waals surface area (Å²) < 4.78 is 10.3. The van der Waals surface area contributed by atoms with Crippen LogP contribution in [0.25, 0.3) is 0 Å². The number of rotatable bonds is 38. The summed E-state index contributed by atoms with van der Waals surface area (Å²) in [4.78, 5) is 24.0. The van der Waals surface area contributed by atoms with Gasteiger partial charge in [-0.25, -0.2) is 0 Å². The summed E-state index contributed by atoms with van der Waals surface area (Å²) in [7, 11) is 0. The van der Waals surface area contributed by atoms with Crippen LogP contribution in [0.5, 0.6) is 0 Å². The minimum absolute atomic E-state index is 0.143. The average Bonchev–Trinajstić information content (AvgIpc) is 3.12. The minimum Gasteiger partial charge on any atom is -0.463 e. The summed E-state index contributed by atoms with van der Waals surface area (Å²) in [6.07, 6.45) is 47.9. The first-order chi connectivity index (χ1) is 25.0. The monoisotopic (exact) mass is 717 g/mol. The van der Waals surface area contributed by atoms with E-state index in [1.54, 1.807) is 0 Å². The Morgan fingerprint density at radius 2 is 0.902 bits per heavy atom. The van der Waals surface area contributed by atoms with Crippen molar-refractivity contribution < 1.29 is 29.3 Å². The quantitative estimate of drug-likeness (QED) is 0.0286. The first kappa shape index (κ1) is 48.8. The SMILES string of the molecule is CCCCCCCCCCCCCCCCCCCCCC(=O)OC[C@H](O)COC(=O)CCC/C=C\C/C=C\C/C=C\C=C\[C@H](O)CCCCC. The third kappa shape index (κ3) is 40.4. The van der Waals surface area contributed by atoms with Crippen molar-refractivity contribution in [3.63, 3.8) is 0 Å². The molecule has 0 heterocycles. The molecule has 0 radical (unpaired) electrons. The van der Waals surface area contributed by atoms with Gasteiger partial charge in [-0.15, -0.1) is 0 Å². The van der Waals surface area contributed by atoms with Gasteiger partial charge in [-0.05, 0) is 38.5 Å². The molecule has 0 unspecified atom stereocenters. The summed E-state index contributed by atoms with van der Waals surface area (Å²) in [5, 5.41) is 19.9. The molecule has 0 aliphatic rings. The van der Waals surface area contributed by atoms with Crippen LogP contribution in [0.4, 0.5) is 0 Å². The molecule has 51 heavy (non-hydrogen) atoms. The van der Waals surface area contributed by atoms with Crippen LogP contribution in [0, 0.1) is 0 Å². The number of hydrogen-bond acceptors (Lipinski definition) is 6. The lowest BCUT2D eigenvalue weighted by Crippen LogP contribution is -2.25. The van der Waals surface area contributed by atoms with E-state index < -0.39 is 6.10 Å². The standard InChI is InChI=1S/C45H80O6/c1-3-5-7-8-9-10-11-12-13-14-15-16-17-18-21-24-27-30-34-38-44(48)50-40-43(47)41-51-45(49)39-35-31-28-25-22-19-20-23-26-29-33-37-42(46)36-32-6-4-2/h19-20,25-26,28-29,33,37,42-43,46-47H,3-18,21-24,27,30-32,34-36,38-41H2,1-2H3/b20-19-,28-25-,29-26-,37-33+/t42-,43+/m1/s1. The van der Waals surface area contributed by atoms with Crippen LogP contribution >= 0.6 is 0 Å². The zero-order valence-electron chi connectivity index (χ0n) is 33.2. The molecule has 6 heteroatoms. The number of carbonyl (C=O) groups is 2. The van der Waals surface area contributed by atoms with Crippen molar-refractivity contribution in [2.45, 2.75) is 212 Å². The highest BCUT2D eigenvalue weighted by Gasteiger charge is 2.12. The molecule has 0 aromatic rings. The van der Waals surface area contributed by atoms with E-state index in [0.29, 0.717) is 12.8 Å². The lowest BCUT2D eigenvalue weighted by Gasteiger charge is -2.12. The molecule has 0 aromatic carbocycles. The summed E-state index contributed by atoms with van der Waals surface area (Å²) in [6, 6.07) is 0. The van der Waals surface area contributed by atoms with Crippen LogP contribution in [-0.4, -0.2) is 47.6 Å². The van der Waals surface area contributed by atoms with Gasteiger partial charge in [0.05, 0.1) is 6.10 Å². The molecule has 296 valence electrons. The number of allylic oxidation sites excluding steroid dienone is 7. The number of aliphatic hydroxyl groups excluding tert-OH is 2. The summed E-state index contributed by atoms with van der Waals surface area (Å²) in [5.74, 6) is -0.649. The van der Waals surface area contributed by atoms with Crippen LogP contribution in [0.1, 0.15) is 200 Å². The predicted molar refractivity (Wildman–Crippen MR) is 216 cm³/mol. The first-order valence-electron chi connectivity index (χ1n) is 21.3. The van der Waals surface area contributed by atoms with Crippen LogP contribution in [-0.2, 0) is 19.1 Å². The van der Waals surface area contributed by atoms with Crippen molar-refractivity contribution in [2.75, 3.05) is 13.2 Å². The fourth-order valence-corrected chi connectivity index (χ4v) is 5.90. The van der Waals surface area contributed by atoms with Crippen molar-refractivity contribution >= 4 is 11.9 Å². The van der Waals surface area contributed by atoms with Gasteiger partial charge in [-0.3, -0.25) is 9.59 Å². The van der Waals surface area contributed by atoms with E-state index in [-0.39, 0.29) is 37.7 Å². The molecule has 0 aromatic heterocycles. The molecule has 0 saturated heterocycles. The Morgan fingerprint density at radius 3 is 1.41 bits per heavy atom. The van der Waals surface area contributed by atoms with E-state index in [1.807, 2.05) is 18.2 Å². The minimum atomic E-state index is -0.998. The molecule has 2 N–H and O–H groups in total. The average molecular weight is 717 g/mol. The van der Waals surface area contributed by atoms with Gasteiger partial charge in [0.2, 0.25) is 0 Å². The maximum absolute atomic E-state index is 12.0. The number of aliphatic hydroxyl groups is 2. The first-order valence-corrected chi connectivity index (χ1v) is 21.3. The molecule has 2 atom stereocenters. The highest BCUT2D eigenvalue weighted by Crippen LogP contribution is 2.15. The topological polar surface area (TPSA) is 93.1 Å². The van der Waals surface area contributed by atoms with E-state index in [2.05, 4.69) is 44.2 Å². The largest absolute Gasteiger partial charge is 0.463 e. The molecule has 0 saturated carbocycles. The van der Waals surface area contributed by atoms with Crippen LogP contribution < -0.4 is 0 Å². The second-order valence-electron chi connectivity index (χ2n) is 14.3. The van der Waals surface area contributed by atoms with E-state index in [1.165, 1.54) is 109 Å². The summed E-state index contributed by atoms with van der Waals surface area (Å²) in [6.45, 7) is 4.14. The number of ether oxygens (including phenoxy) is 2. The maximum atomic E-state index is 12.0. The van der Waals surface area contributed by atoms with Crippen LogP contribution in [0.3, 0.4) is 0 Å². The Balaban J connectivity index is 3.53. The van der Waals surface area contributed by atoms with Crippen molar-refractivity contribution in [3.05, 3.63) is 48.6 Å². The van der Waals surface area contributed by atoms with E-state index >= 15 is 0 Å². The Labute approximate surface area is 314 Å². The van der Waals surface area contributed by atoms with Crippen molar-refractivity contribution in [2.24, 2.45) is 0 Å². The third-order valence-electron chi connectivity index (χ3n) is 9.17. The van der Waals surface area contributed by atoms with Crippen molar-refractivity contribution in [1.82, 2.24) is 0 Å². The normalized spacial score (nSPS) is 13.3. The lowest BCUT2D eigenvalue weighted by molar-refractivity contribution is -0.152. The lowest BCUT2D eigenvalue weighted by atomic mass is 10.0. The van der Waals surface area contributed by atoms with Gasteiger partial charge in [0.15, 0.2) is 0 Å². The Hall–Kier alpha value is -2.18. The zero-order chi connectivity index (χ0) is 37.3. The van der Waals surface area contributed by atoms with Gasteiger partial charge in [0.1, 0.15) is 19.3 Å². The fraction of sp³-hybridized carbons (Fsp3) is 0.778. The maximum Gasteiger partial charge on any atom is 0.305 e. The van der Waals surface area contributed by atoms with Gasteiger partial charge < -0.3 is 19.7 Å². The van der Waals surface area contributed by atoms with Gasteiger partial charge in [-0.1, -0.05) is 197 Å². The van der Waals surface area contributed by atoms with E-state index in [4.69, 9.17) is 9.47 Å². The van der Waals surface area contributed by atoms with Crippen LogP contribution in [0.15, 0.2) is 48.6 Å². The molecule has 0 amide bonds. The summed E-state index contributed by atoms with van der Waals surface area (Å²) >= 11 is 0.